The van der Waals surface area contributed by atoms with Gasteiger partial charge in [-0.2, -0.15) is 0 Å². The molecular weight excluding hydrogens is 305 g/mol. The molecule has 1 N–H and O–H groups in total. The van der Waals surface area contributed by atoms with Gasteiger partial charge in [-0.3, -0.25) is 14.7 Å². The normalized spacial score (nSPS) is 18.3. The Kier molecular flexibility index (Phi) is 5.54. The van der Waals surface area contributed by atoms with Crippen molar-refractivity contribution in [1.29, 1.82) is 0 Å². The fourth-order valence-electron chi connectivity index (χ4n) is 3.16. The van der Waals surface area contributed by atoms with E-state index in [4.69, 9.17) is 0 Å². The van der Waals surface area contributed by atoms with Crippen LogP contribution in [0.4, 0.5) is 4.39 Å². The SMILES string of the molecule is O=C(CN1CCCCC1c1ccccn1)NCc1ccccc1F. The van der Waals surface area contributed by atoms with Crippen LogP contribution in [0.2, 0.25) is 0 Å². The number of nitrogens with one attached hydrogen (secondary N) is 1. The second-order valence-electron chi connectivity index (χ2n) is 6.10. The van der Waals surface area contributed by atoms with Crippen LogP contribution in [0.25, 0.3) is 0 Å². The zero-order valence-corrected chi connectivity index (χ0v) is 13.6. The summed E-state index contributed by atoms with van der Waals surface area (Å²) in [6.07, 6.45) is 5.04. The molecule has 0 bridgehead atoms. The number of carbonyl (C=O) groups is 1. The van der Waals surface area contributed by atoms with E-state index in [1.165, 1.54) is 6.07 Å². The van der Waals surface area contributed by atoms with Crippen LogP contribution in [0.5, 0.6) is 0 Å². The number of hydrogen-bond acceptors (Lipinski definition) is 3. The lowest BCUT2D eigenvalue weighted by Gasteiger charge is -2.34. The molecule has 2 aromatic rings. The van der Waals surface area contributed by atoms with E-state index < -0.39 is 0 Å². The van der Waals surface area contributed by atoms with Gasteiger partial charge in [0.15, 0.2) is 0 Å². The van der Waals surface area contributed by atoms with E-state index in [1.807, 2.05) is 18.2 Å². The predicted octanol–water partition coefficient (Wildman–Crippen LogP) is 3.06. The van der Waals surface area contributed by atoms with E-state index in [0.29, 0.717) is 12.1 Å². The molecule has 24 heavy (non-hydrogen) atoms. The van der Waals surface area contributed by atoms with Gasteiger partial charge >= 0.3 is 0 Å². The molecule has 0 spiro atoms. The average Bonchev–Trinajstić information content (AvgIpc) is 2.62. The maximum absolute atomic E-state index is 13.6. The van der Waals surface area contributed by atoms with Crippen LogP contribution < -0.4 is 5.32 Å². The summed E-state index contributed by atoms with van der Waals surface area (Å²) in [5.41, 5.74) is 1.52. The van der Waals surface area contributed by atoms with E-state index in [0.717, 1.165) is 31.5 Å². The fraction of sp³-hybridized carbons (Fsp3) is 0.368. The molecule has 2 heterocycles. The second-order valence-corrected chi connectivity index (χ2v) is 6.10. The van der Waals surface area contributed by atoms with Crippen LogP contribution in [-0.4, -0.2) is 28.9 Å². The first kappa shape index (κ1) is 16.6. The zero-order chi connectivity index (χ0) is 16.8. The van der Waals surface area contributed by atoms with Gasteiger partial charge in [0, 0.05) is 18.3 Å². The maximum atomic E-state index is 13.6. The summed E-state index contributed by atoms with van der Waals surface area (Å²) in [5.74, 6) is -0.372. The van der Waals surface area contributed by atoms with E-state index in [2.05, 4.69) is 15.2 Å². The van der Waals surface area contributed by atoms with Crippen LogP contribution in [0.1, 0.15) is 36.6 Å². The maximum Gasteiger partial charge on any atom is 0.234 e. The van der Waals surface area contributed by atoms with Crippen LogP contribution in [-0.2, 0) is 11.3 Å². The minimum absolute atomic E-state index is 0.0823. The number of likely N-dealkylation sites (tertiary alicyclic amines) is 1. The van der Waals surface area contributed by atoms with Crippen LogP contribution in [0.3, 0.4) is 0 Å². The van der Waals surface area contributed by atoms with Gasteiger partial charge in [-0.25, -0.2) is 4.39 Å². The molecule has 1 aliphatic rings. The second kappa shape index (κ2) is 8.02. The molecule has 1 fully saturated rings. The third kappa shape index (κ3) is 4.17. The monoisotopic (exact) mass is 327 g/mol. The predicted molar refractivity (Wildman–Crippen MR) is 90.6 cm³/mol. The van der Waals surface area contributed by atoms with Crippen molar-refractivity contribution in [2.24, 2.45) is 0 Å². The van der Waals surface area contributed by atoms with Gasteiger partial charge in [0.05, 0.1) is 18.3 Å². The first-order chi connectivity index (χ1) is 11.7. The van der Waals surface area contributed by atoms with Gasteiger partial charge < -0.3 is 5.32 Å². The van der Waals surface area contributed by atoms with Crippen molar-refractivity contribution >= 4 is 5.91 Å². The highest BCUT2D eigenvalue weighted by atomic mass is 19.1. The fourth-order valence-corrected chi connectivity index (χ4v) is 3.16. The third-order valence-corrected chi connectivity index (χ3v) is 4.42. The molecule has 0 saturated carbocycles. The molecular formula is C19H22FN3O. The molecule has 1 unspecified atom stereocenters. The van der Waals surface area contributed by atoms with Gasteiger partial charge in [-0.1, -0.05) is 30.7 Å². The highest BCUT2D eigenvalue weighted by Crippen LogP contribution is 2.29. The molecule has 5 heteroatoms. The lowest BCUT2D eigenvalue weighted by molar-refractivity contribution is -0.123. The van der Waals surface area contributed by atoms with E-state index in [9.17, 15) is 9.18 Å². The summed E-state index contributed by atoms with van der Waals surface area (Å²) in [7, 11) is 0. The van der Waals surface area contributed by atoms with Crippen molar-refractivity contribution in [2.75, 3.05) is 13.1 Å². The number of piperidine rings is 1. The van der Waals surface area contributed by atoms with Gasteiger partial charge in [0.1, 0.15) is 5.82 Å². The lowest BCUT2D eigenvalue weighted by Crippen LogP contribution is -2.41. The number of aromatic nitrogens is 1. The Bertz CT molecular complexity index is 677. The van der Waals surface area contributed by atoms with Crippen LogP contribution >= 0.6 is 0 Å². The number of rotatable bonds is 5. The Morgan fingerprint density at radius 3 is 2.83 bits per heavy atom. The summed E-state index contributed by atoms with van der Waals surface area (Å²) in [4.78, 5) is 18.9. The minimum atomic E-state index is -0.290. The number of pyridine rings is 1. The van der Waals surface area contributed by atoms with E-state index in [-0.39, 0.29) is 24.3 Å². The van der Waals surface area contributed by atoms with Crippen LogP contribution in [0, 0.1) is 5.82 Å². The summed E-state index contributed by atoms with van der Waals surface area (Å²) >= 11 is 0. The number of amides is 1. The van der Waals surface area contributed by atoms with E-state index in [1.54, 1.807) is 24.4 Å². The lowest BCUT2D eigenvalue weighted by atomic mass is 9.99. The summed E-state index contributed by atoms with van der Waals surface area (Å²) < 4.78 is 13.6. The van der Waals surface area contributed by atoms with Crippen molar-refractivity contribution in [1.82, 2.24) is 15.2 Å². The number of carbonyl (C=O) groups excluding carboxylic acids is 1. The quantitative estimate of drug-likeness (QED) is 0.918. The Labute approximate surface area is 141 Å². The molecule has 1 amide bonds. The number of hydrogen-bond donors (Lipinski definition) is 1. The van der Waals surface area contributed by atoms with E-state index >= 15 is 0 Å². The first-order valence-electron chi connectivity index (χ1n) is 8.39. The molecule has 0 aliphatic carbocycles. The molecule has 3 rings (SSSR count). The smallest absolute Gasteiger partial charge is 0.234 e. The summed E-state index contributed by atoms with van der Waals surface area (Å²) in [5, 5.41) is 2.82. The molecule has 126 valence electrons. The summed E-state index contributed by atoms with van der Waals surface area (Å²) in [6, 6.07) is 12.6. The van der Waals surface area contributed by atoms with Crippen molar-refractivity contribution in [3.05, 3.63) is 65.7 Å². The molecule has 4 nitrogen and oxygen atoms in total. The van der Waals surface area contributed by atoms with Gasteiger partial charge in [-0.15, -0.1) is 0 Å². The Balaban J connectivity index is 1.59. The molecule has 1 aromatic heterocycles. The number of nitrogens with zero attached hydrogens (tertiary/aromatic N) is 2. The van der Waals surface area contributed by atoms with Crippen molar-refractivity contribution in [3.8, 4) is 0 Å². The third-order valence-electron chi connectivity index (χ3n) is 4.42. The zero-order valence-electron chi connectivity index (χ0n) is 13.6. The first-order valence-corrected chi connectivity index (χ1v) is 8.39. The van der Waals surface area contributed by atoms with Gasteiger partial charge in [0.2, 0.25) is 5.91 Å². The molecule has 1 atom stereocenters. The van der Waals surface area contributed by atoms with Gasteiger partial charge in [0.25, 0.3) is 0 Å². The molecule has 1 saturated heterocycles. The van der Waals surface area contributed by atoms with Crippen molar-refractivity contribution in [3.63, 3.8) is 0 Å². The number of halogens is 1. The van der Waals surface area contributed by atoms with Crippen LogP contribution in [0.15, 0.2) is 48.7 Å². The Morgan fingerprint density at radius 2 is 2.04 bits per heavy atom. The molecule has 1 aliphatic heterocycles. The average molecular weight is 327 g/mol. The largest absolute Gasteiger partial charge is 0.351 e. The molecule has 0 radical (unpaired) electrons. The van der Waals surface area contributed by atoms with Crippen molar-refractivity contribution < 1.29 is 9.18 Å². The number of benzene rings is 1. The molecule has 1 aromatic carbocycles. The highest BCUT2D eigenvalue weighted by molar-refractivity contribution is 5.78. The topological polar surface area (TPSA) is 45.2 Å². The highest BCUT2D eigenvalue weighted by Gasteiger charge is 2.26. The standard InChI is InChI=1S/C19H22FN3O/c20-16-8-2-1-7-15(16)13-22-19(24)14-23-12-6-4-10-18(23)17-9-3-5-11-21-17/h1-3,5,7-9,11,18H,4,6,10,12-14H2,(H,22,24). The Morgan fingerprint density at radius 1 is 1.21 bits per heavy atom. The Hall–Kier alpha value is -2.27. The van der Waals surface area contributed by atoms with Crippen molar-refractivity contribution in [2.45, 2.75) is 31.8 Å². The summed E-state index contributed by atoms with van der Waals surface area (Å²) in [6.45, 7) is 1.41. The minimum Gasteiger partial charge on any atom is -0.351 e. The van der Waals surface area contributed by atoms with Gasteiger partial charge in [-0.05, 0) is 37.6 Å².